The van der Waals surface area contributed by atoms with E-state index in [4.69, 9.17) is 11.6 Å². The minimum atomic E-state index is -4.27. The van der Waals surface area contributed by atoms with Gasteiger partial charge in [0.1, 0.15) is 0 Å². The molecule has 0 spiro atoms. The maximum atomic E-state index is 12.3. The van der Waals surface area contributed by atoms with E-state index in [-0.39, 0.29) is 6.04 Å². The molecule has 0 aliphatic rings. The molecule has 1 N–H and O–H groups in total. The molecule has 0 radical (unpaired) electrons. The molecule has 96 valence electrons. The number of halogens is 4. The molecule has 1 unspecified atom stereocenters. The first-order chi connectivity index (χ1) is 7.97. The molecule has 0 aromatic heterocycles. The van der Waals surface area contributed by atoms with Crippen molar-refractivity contribution in [3.63, 3.8) is 0 Å². The fourth-order valence-electron chi connectivity index (χ4n) is 1.38. The Morgan fingerprint density at radius 1 is 1.24 bits per heavy atom. The van der Waals surface area contributed by atoms with Gasteiger partial charge < -0.3 is 5.32 Å². The SMILES string of the molecule is CCC(CCl)NCc1ccc(C(F)(F)F)cc1. The highest BCUT2D eigenvalue weighted by Crippen LogP contribution is 2.29. The van der Waals surface area contributed by atoms with Crippen LogP contribution in [0.3, 0.4) is 0 Å². The maximum absolute atomic E-state index is 12.3. The van der Waals surface area contributed by atoms with Crippen LogP contribution in [0.5, 0.6) is 0 Å². The van der Waals surface area contributed by atoms with Crippen molar-refractivity contribution in [2.24, 2.45) is 0 Å². The summed E-state index contributed by atoms with van der Waals surface area (Å²) in [7, 11) is 0. The molecule has 5 heteroatoms. The molecular weight excluding hydrogens is 251 g/mol. The second-order valence-corrected chi connectivity index (χ2v) is 4.14. The van der Waals surface area contributed by atoms with Gasteiger partial charge in [-0.25, -0.2) is 0 Å². The van der Waals surface area contributed by atoms with Crippen molar-refractivity contribution < 1.29 is 13.2 Å². The Morgan fingerprint density at radius 3 is 2.24 bits per heavy atom. The quantitative estimate of drug-likeness (QED) is 0.799. The Hall–Kier alpha value is -0.740. The van der Waals surface area contributed by atoms with Crippen LogP contribution in [0.4, 0.5) is 13.2 Å². The highest BCUT2D eigenvalue weighted by molar-refractivity contribution is 6.18. The summed E-state index contributed by atoms with van der Waals surface area (Å²) in [4.78, 5) is 0. The van der Waals surface area contributed by atoms with Crippen LogP contribution in [0.25, 0.3) is 0 Å². The fourth-order valence-corrected chi connectivity index (χ4v) is 1.71. The van der Waals surface area contributed by atoms with Crippen LogP contribution in [0, 0.1) is 0 Å². The zero-order chi connectivity index (χ0) is 12.9. The summed E-state index contributed by atoms with van der Waals surface area (Å²) in [5.74, 6) is 0.497. The lowest BCUT2D eigenvalue weighted by Crippen LogP contribution is -2.29. The van der Waals surface area contributed by atoms with Gasteiger partial charge in [0.05, 0.1) is 5.56 Å². The summed E-state index contributed by atoms with van der Waals surface area (Å²) in [5.41, 5.74) is 0.201. The van der Waals surface area contributed by atoms with Crippen LogP contribution in [-0.4, -0.2) is 11.9 Å². The first-order valence-electron chi connectivity index (χ1n) is 5.42. The zero-order valence-corrected chi connectivity index (χ0v) is 10.3. The van der Waals surface area contributed by atoms with Gasteiger partial charge in [-0.1, -0.05) is 19.1 Å². The van der Waals surface area contributed by atoms with E-state index in [1.165, 1.54) is 12.1 Å². The summed E-state index contributed by atoms with van der Waals surface area (Å²) in [5, 5.41) is 3.18. The fraction of sp³-hybridized carbons (Fsp3) is 0.500. The van der Waals surface area contributed by atoms with E-state index in [2.05, 4.69) is 5.32 Å². The van der Waals surface area contributed by atoms with Crippen molar-refractivity contribution in [2.75, 3.05) is 5.88 Å². The lowest BCUT2D eigenvalue weighted by Gasteiger charge is -2.14. The number of rotatable bonds is 5. The van der Waals surface area contributed by atoms with Crippen molar-refractivity contribution >= 4 is 11.6 Å². The van der Waals surface area contributed by atoms with Crippen LogP contribution in [0.15, 0.2) is 24.3 Å². The number of alkyl halides is 4. The summed E-state index contributed by atoms with van der Waals surface area (Å²) >= 11 is 5.71. The molecule has 0 aliphatic carbocycles. The van der Waals surface area contributed by atoms with E-state index < -0.39 is 11.7 Å². The molecule has 1 nitrogen and oxygen atoms in total. The lowest BCUT2D eigenvalue weighted by atomic mass is 10.1. The van der Waals surface area contributed by atoms with Crippen LogP contribution < -0.4 is 5.32 Å². The average Bonchev–Trinajstić information content (AvgIpc) is 2.30. The number of nitrogens with one attached hydrogen (secondary N) is 1. The van der Waals surface area contributed by atoms with Gasteiger partial charge in [0.25, 0.3) is 0 Å². The molecule has 1 atom stereocenters. The smallest absolute Gasteiger partial charge is 0.309 e. The van der Waals surface area contributed by atoms with Crippen molar-refractivity contribution in [3.8, 4) is 0 Å². The van der Waals surface area contributed by atoms with Crippen LogP contribution in [-0.2, 0) is 12.7 Å². The molecule has 17 heavy (non-hydrogen) atoms. The molecule has 0 aliphatic heterocycles. The van der Waals surface area contributed by atoms with Gasteiger partial charge >= 0.3 is 6.18 Å². The number of hydrogen-bond acceptors (Lipinski definition) is 1. The molecule has 0 heterocycles. The number of hydrogen-bond donors (Lipinski definition) is 1. The van der Waals surface area contributed by atoms with Crippen molar-refractivity contribution in [1.82, 2.24) is 5.32 Å². The molecule has 1 rings (SSSR count). The van der Waals surface area contributed by atoms with E-state index in [1.807, 2.05) is 6.92 Å². The zero-order valence-electron chi connectivity index (χ0n) is 9.52. The standard InChI is InChI=1S/C12H15ClF3N/c1-2-11(7-13)17-8-9-3-5-10(6-4-9)12(14,15)16/h3-6,11,17H,2,7-8H2,1H3. The highest BCUT2D eigenvalue weighted by atomic mass is 35.5. The molecule has 1 aromatic carbocycles. The highest BCUT2D eigenvalue weighted by Gasteiger charge is 2.29. The van der Waals surface area contributed by atoms with Crippen LogP contribution >= 0.6 is 11.6 Å². The van der Waals surface area contributed by atoms with E-state index in [0.29, 0.717) is 12.4 Å². The van der Waals surface area contributed by atoms with E-state index >= 15 is 0 Å². The first kappa shape index (κ1) is 14.3. The van der Waals surface area contributed by atoms with Crippen molar-refractivity contribution in [1.29, 1.82) is 0 Å². The normalized spacial score (nSPS) is 13.7. The van der Waals surface area contributed by atoms with Gasteiger partial charge in [-0.05, 0) is 24.1 Å². The Morgan fingerprint density at radius 2 is 1.82 bits per heavy atom. The van der Waals surface area contributed by atoms with Gasteiger partial charge in [0.2, 0.25) is 0 Å². The third-order valence-electron chi connectivity index (χ3n) is 2.56. The van der Waals surface area contributed by atoms with Gasteiger partial charge in [-0.15, -0.1) is 11.6 Å². The summed E-state index contributed by atoms with van der Waals surface area (Å²) in [6.45, 7) is 2.54. The number of benzene rings is 1. The summed E-state index contributed by atoms with van der Waals surface area (Å²) < 4.78 is 36.9. The molecule has 0 saturated heterocycles. The average molecular weight is 266 g/mol. The third kappa shape index (κ3) is 4.56. The predicted octanol–water partition coefficient (Wildman–Crippen LogP) is 3.81. The third-order valence-corrected chi connectivity index (χ3v) is 2.93. The monoisotopic (exact) mass is 265 g/mol. The van der Waals surface area contributed by atoms with Gasteiger partial charge in [-0.3, -0.25) is 0 Å². The Balaban J connectivity index is 2.57. The van der Waals surface area contributed by atoms with Crippen LogP contribution in [0.2, 0.25) is 0 Å². The van der Waals surface area contributed by atoms with E-state index in [9.17, 15) is 13.2 Å². The van der Waals surface area contributed by atoms with Crippen LogP contribution in [0.1, 0.15) is 24.5 Å². The molecule has 0 bridgehead atoms. The van der Waals surface area contributed by atoms with Crippen molar-refractivity contribution in [3.05, 3.63) is 35.4 Å². The van der Waals surface area contributed by atoms with Crippen molar-refractivity contribution in [2.45, 2.75) is 32.1 Å². The second kappa shape index (κ2) is 6.26. The molecule has 0 amide bonds. The Bertz CT molecular complexity index is 331. The molecule has 1 aromatic rings. The summed E-state index contributed by atoms with van der Waals surface area (Å²) in [6, 6.07) is 5.35. The topological polar surface area (TPSA) is 12.0 Å². The molecule has 0 fully saturated rings. The minimum Gasteiger partial charge on any atom is -0.309 e. The van der Waals surface area contributed by atoms with Gasteiger partial charge in [0.15, 0.2) is 0 Å². The predicted molar refractivity (Wildman–Crippen MR) is 63.1 cm³/mol. The van der Waals surface area contributed by atoms with Gasteiger partial charge in [-0.2, -0.15) is 13.2 Å². The second-order valence-electron chi connectivity index (χ2n) is 3.84. The van der Waals surface area contributed by atoms with E-state index in [0.717, 1.165) is 24.1 Å². The maximum Gasteiger partial charge on any atom is 0.416 e. The van der Waals surface area contributed by atoms with E-state index in [1.54, 1.807) is 0 Å². The largest absolute Gasteiger partial charge is 0.416 e. The molecule has 0 saturated carbocycles. The summed E-state index contributed by atoms with van der Waals surface area (Å²) in [6.07, 6.45) is -3.38. The minimum absolute atomic E-state index is 0.193. The first-order valence-corrected chi connectivity index (χ1v) is 5.96. The lowest BCUT2D eigenvalue weighted by molar-refractivity contribution is -0.137. The molecular formula is C12H15ClF3N. The Labute approximate surface area is 104 Å². The Kier molecular flexibility index (Phi) is 5.28. The van der Waals surface area contributed by atoms with Gasteiger partial charge in [0, 0.05) is 18.5 Å².